The van der Waals surface area contributed by atoms with Gasteiger partial charge in [0, 0.05) is 0 Å². The number of aliphatic hydroxyl groups excluding tert-OH is 1. The lowest BCUT2D eigenvalue weighted by Crippen LogP contribution is -2.38. The number of nitrogens with one attached hydrogen (secondary N) is 1. The highest BCUT2D eigenvalue weighted by molar-refractivity contribution is 5.98. The molecule has 0 saturated heterocycles. The van der Waals surface area contributed by atoms with Crippen LogP contribution in [0.5, 0.6) is 0 Å². The summed E-state index contributed by atoms with van der Waals surface area (Å²) in [5.41, 5.74) is -0.817. The average Bonchev–Trinajstić information content (AvgIpc) is 2.36. The standard InChI is InChI=1S/C13H17FN2O4/c1-8(2)5-10(7-17)15-13(18)11-4-3-9(14)6-12(11)16(19)20/h3-4,6,8,10,17H,5,7H2,1-2H3,(H,15,18). The van der Waals surface area contributed by atoms with E-state index in [9.17, 15) is 24.4 Å². The molecule has 1 atom stereocenters. The van der Waals surface area contributed by atoms with Crippen molar-refractivity contribution in [3.63, 3.8) is 0 Å². The summed E-state index contributed by atoms with van der Waals surface area (Å²) in [6.07, 6.45) is 0.539. The number of benzene rings is 1. The van der Waals surface area contributed by atoms with Crippen LogP contribution in [-0.4, -0.2) is 28.6 Å². The van der Waals surface area contributed by atoms with Crippen molar-refractivity contribution in [2.45, 2.75) is 26.3 Å². The molecular weight excluding hydrogens is 267 g/mol. The number of nitrogens with zero attached hydrogens (tertiary/aromatic N) is 1. The molecule has 0 bridgehead atoms. The monoisotopic (exact) mass is 284 g/mol. The summed E-state index contributed by atoms with van der Waals surface area (Å²) < 4.78 is 13.0. The van der Waals surface area contributed by atoms with Gasteiger partial charge in [-0.3, -0.25) is 14.9 Å². The Balaban J connectivity index is 2.94. The molecule has 6 nitrogen and oxygen atoms in total. The minimum absolute atomic E-state index is 0.224. The molecule has 1 aromatic rings. The molecule has 1 aromatic carbocycles. The van der Waals surface area contributed by atoms with Crippen molar-refractivity contribution in [1.82, 2.24) is 5.32 Å². The fourth-order valence-electron chi connectivity index (χ4n) is 1.86. The minimum atomic E-state index is -0.811. The first kappa shape index (κ1) is 16.0. The number of carbonyl (C=O) groups excluding carboxylic acids is 1. The van der Waals surface area contributed by atoms with E-state index < -0.39 is 28.4 Å². The van der Waals surface area contributed by atoms with Crippen LogP contribution in [-0.2, 0) is 0 Å². The summed E-state index contributed by atoms with van der Waals surface area (Å²) >= 11 is 0. The Kier molecular flexibility index (Phi) is 5.57. The fourth-order valence-corrected chi connectivity index (χ4v) is 1.86. The van der Waals surface area contributed by atoms with Gasteiger partial charge in [0.05, 0.1) is 23.6 Å². The molecular formula is C13H17FN2O4. The largest absolute Gasteiger partial charge is 0.394 e. The normalized spacial score (nSPS) is 12.2. The summed E-state index contributed by atoms with van der Waals surface area (Å²) in [5.74, 6) is -1.24. The highest BCUT2D eigenvalue weighted by Gasteiger charge is 2.23. The molecule has 2 N–H and O–H groups in total. The Bertz CT molecular complexity index is 505. The quantitative estimate of drug-likeness (QED) is 0.616. The number of amides is 1. The van der Waals surface area contributed by atoms with Crippen molar-refractivity contribution in [2.24, 2.45) is 5.92 Å². The number of carbonyl (C=O) groups is 1. The lowest BCUT2D eigenvalue weighted by Gasteiger charge is -2.18. The highest BCUT2D eigenvalue weighted by atomic mass is 19.1. The third-order valence-electron chi connectivity index (χ3n) is 2.71. The molecule has 1 amide bonds. The second-order valence-electron chi connectivity index (χ2n) is 4.90. The van der Waals surface area contributed by atoms with Gasteiger partial charge in [0.2, 0.25) is 0 Å². The molecule has 1 rings (SSSR count). The van der Waals surface area contributed by atoms with Gasteiger partial charge in [0.15, 0.2) is 0 Å². The number of halogens is 1. The maximum atomic E-state index is 13.0. The van der Waals surface area contributed by atoms with Crippen LogP contribution in [0, 0.1) is 21.8 Å². The molecule has 0 aliphatic heterocycles. The van der Waals surface area contributed by atoms with Gasteiger partial charge in [-0.1, -0.05) is 13.8 Å². The Morgan fingerprint density at radius 1 is 1.50 bits per heavy atom. The van der Waals surface area contributed by atoms with Crippen molar-refractivity contribution < 1.29 is 19.2 Å². The SMILES string of the molecule is CC(C)CC(CO)NC(=O)c1ccc(F)cc1[N+](=O)[O-]. The number of nitro benzene ring substituents is 1. The number of aliphatic hydroxyl groups is 1. The molecule has 20 heavy (non-hydrogen) atoms. The lowest BCUT2D eigenvalue weighted by molar-refractivity contribution is -0.385. The Morgan fingerprint density at radius 2 is 2.15 bits per heavy atom. The topological polar surface area (TPSA) is 92.5 Å². The Hall–Kier alpha value is -2.02. The van der Waals surface area contributed by atoms with E-state index in [0.717, 1.165) is 12.1 Å². The van der Waals surface area contributed by atoms with Crippen LogP contribution in [0.2, 0.25) is 0 Å². The van der Waals surface area contributed by atoms with E-state index in [1.165, 1.54) is 0 Å². The number of rotatable bonds is 6. The van der Waals surface area contributed by atoms with Crippen LogP contribution >= 0.6 is 0 Å². The molecule has 0 radical (unpaired) electrons. The van der Waals surface area contributed by atoms with E-state index in [1.54, 1.807) is 0 Å². The van der Waals surface area contributed by atoms with E-state index in [2.05, 4.69) is 5.32 Å². The van der Waals surface area contributed by atoms with Gasteiger partial charge in [0.1, 0.15) is 11.4 Å². The van der Waals surface area contributed by atoms with Crippen molar-refractivity contribution in [3.05, 3.63) is 39.7 Å². The highest BCUT2D eigenvalue weighted by Crippen LogP contribution is 2.20. The molecule has 0 saturated carbocycles. The van der Waals surface area contributed by atoms with Crippen molar-refractivity contribution in [1.29, 1.82) is 0 Å². The molecule has 0 heterocycles. The summed E-state index contributed by atoms with van der Waals surface area (Å²) in [6, 6.07) is 2.25. The van der Waals surface area contributed by atoms with Gasteiger partial charge < -0.3 is 10.4 Å². The maximum Gasteiger partial charge on any atom is 0.285 e. The molecule has 1 unspecified atom stereocenters. The number of hydrogen-bond donors (Lipinski definition) is 2. The van der Waals surface area contributed by atoms with Crippen molar-refractivity contribution in [2.75, 3.05) is 6.61 Å². The zero-order chi connectivity index (χ0) is 15.3. The Morgan fingerprint density at radius 3 is 2.65 bits per heavy atom. The molecule has 0 aliphatic rings. The first-order chi connectivity index (χ1) is 9.35. The van der Waals surface area contributed by atoms with Crippen LogP contribution in [0.15, 0.2) is 18.2 Å². The minimum Gasteiger partial charge on any atom is -0.394 e. The van der Waals surface area contributed by atoms with Crippen molar-refractivity contribution in [3.8, 4) is 0 Å². The van der Waals surface area contributed by atoms with Gasteiger partial charge in [-0.25, -0.2) is 4.39 Å². The van der Waals surface area contributed by atoms with Gasteiger partial charge in [-0.15, -0.1) is 0 Å². The van der Waals surface area contributed by atoms with E-state index in [1.807, 2.05) is 13.8 Å². The molecule has 0 spiro atoms. The van der Waals surface area contributed by atoms with Gasteiger partial charge in [-0.2, -0.15) is 0 Å². The lowest BCUT2D eigenvalue weighted by atomic mass is 10.0. The van der Waals surface area contributed by atoms with E-state index in [-0.39, 0.29) is 18.1 Å². The van der Waals surface area contributed by atoms with Gasteiger partial charge in [0.25, 0.3) is 11.6 Å². The summed E-state index contributed by atoms with van der Waals surface area (Å²) in [4.78, 5) is 22.0. The summed E-state index contributed by atoms with van der Waals surface area (Å²) in [7, 11) is 0. The van der Waals surface area contributed by atoms with Crippen LogP contribution in [0.25, 0.3) is 0 Å². The second kappa shape index (κ2) is 6.95. The zero-order valence-electron chi connectivity index (χ0n) is 11.3. The number of hydrogen-bond acceptors (Lipinski definition) is 4. The molecule has 0 aliphatic carbocycles. The van der Waals surface area contributed by atoms with Crippen LogP contribution < -0.4 is 5.32 Å². The van der Waals surface area contributed by atoms with Crippen LogP contribution in [0.1, 0.15) is 30.6 Å². The van der Waals surface area contributed by atoms with Crippen molar-refractivity contribution >= 4 is 11.6 Å². The summed E-state index contributed by atoms with van der Waals surface area (Å²) in [5, 5.41) is 22.5. The molecule has 0 aromatic heterocycles. The third-order valence-corrected chi connectivity index (χ3v) is 2.71. The van der Waals surface area contributed by atoms with E-state index in [0.29, 0.717) is 12.5 Å². The third kappa shape index (κ3) is 4.27. The molecule has 7 heteroatoms. The van der Waals surface area contributed by atoms with Crippen LogP contribution in [0.4, 0.5) is 10.1 Å². The predicted molar refractivity (Wildman–Crippen MR) is 70.8 cm³/mol. The predicted octanol–water partition coefficient (Wildman–Crippen LogP) is 1.87. The smallest absolute Gasteiger partial charge is 0.285 e. The van der Waals surface area contributed by atoms with E-state index in [4.69, 9.17) is 0 Å². The molecule has 110 valence electrons. The Labute approximate surface area is 115 Å². The molecule has 0 fully saturated rings. The first-order valence-electron chi connectivity index (χ1n) is 6.20. The fraction of sp³-hybridized carbons (Fsp3) is 0.462. The zero-order valence-corrected chi connectivity index (χ0v) is 11.3. The van der Waals surface area contributed by atoms with E-state index >= 15 is 0 Å². The number of nitro groups is 1. The maximum absolute atomic E-state index is 13.0. The van der Waals surface area contributed by atoms with Gasteiger partial charge in [-0.05, 0) is 24.5 Å². The first-order valence-corrected chi connectivity index (χ1v) is 6.20. The van der Waals surface area contributed by atoms with Gasteiger partial charge >= 0.3 is 0 Å². The average molecular weight is 284 g/mol. The van der Waals surface area contributed by atoms with Crippen LogP contribution in [0.3, 0.4) is 0 Å². The second-order valence-corrected chi connectivity index (χ2v) is 4.90. The summed E-state index contributed by atoms with van der Waals surface area (Å²) in [6.45, 7) is 3.59.